The lowest BCUT2D eigenvalue weighted by Gasteiger charge is -2.11. The number of carbonyl (C=O) groups excluding carboxylic acids is 1. The van der Waals surface area contributed by atoms with Gasteiger partial charge in [0.2, 0.25) is 0 Å². The monoisotopic (exact) mass is 246 g/mol. The van der Waals surface area contributed by atoms with Gasteiger partial charge in [-0.1, -0.05) is 18.2 Å². The number of hydrogen-bond acceptors (Lipinski definition) is 3. The molecule has 92 valence electrons. The number of rotatable bonds is 4. The minimum absolute atomic E-state index is 0.108. The molecule has 0 aliphatic heterocycles. The zero-order valence-corrected chi connectivity index (χ0v) is 9.72. The first-order valence-corrected chi connectivity index (χ1v) is 5.31. The minimum Gasteiger partial charge on any atom is -0.493 e. The Balaban J connectivity index is 2.40. The number of aldehydes is 1. The Morgan fingerprint density at radius 1 is 1.00 bits per heavy atom. The lowest BCUT2D eigenvalue weighted by molar-refractivity contribution is 0.111. The molecule has 0 aromatic heterocycles. The Morgan fingerprint density at radius 3 is 2.33 bits per heavy atom. The smallest absolute Gasteiger partial charge is 0.169 e. The summed E-state index contributed by atoms with van der Waals surface area (Å²) in [5, 5.41) is 0. The molecule has 0 amide bonds. The number of benzene rings is 2. The van der Waals surface area contributed by atoms with Crippen LogP contribution in [0.3, 0.4) is 0 Å². The lowest BCUT2D eigenvalue weighted by Crippen LogP contribution is -1.95. The summed E-state index contributed by atoms with van der Waals surface area (Å²) in [6.45, 7) is 0. The molecule has 2 rings (SSSR count). The summed E-state index contributed by atoms with van der Waals surface area (Å²) in [7, 11) is 1.51. The number of halogens is 1. The third-order valence-electron chi connectivity index (χ3n) is 2.42. The van der Waals surface area contributed by atoms with E-state index in [4.69, 9.17) is 9.47 Å². The quantitative estimate of drug-likeness (QED) is 0.775. The highest BCUT2D eigenvalue weighted by Crippen LogP contribution is 2.32. The summed E-state index contributed by atoms with van der Waals surface area (Å²) in [5.74, 6) is 0.485. The van der Waals surface area contributed by atoms with E-state index >= 15 is 0 Å². The van der Waals surface area contributed by atoms with Gasteiger partial charge in [0.15, 0.2) is 17.8 Å². The molecule has 0 spiro atoms. The zero-order valence-electron chi connectivity index (χ0n) is 9.72. The van der Waals surface area contributed by atoms with E-state index < -0.39 is 5.82 Å². The van der Waals surface area contributed by atoms with Crippen LogP contribution in [-0.2, 0) is 0 Å². The number of hydrogen-bond donors (Lipinski definition) is 0. The Bertz CT molecular complexity index is 567. The normalized spacial score (nSPS) is 9.89. The highest BCUT2D eigenvalue weighted by atomic mass is 19.1. The SMILES string of the molecule is COc1ccccc1Oc1cccc(F)c1C=O. The first kappa shape index (κ1) is 12.1. The van der Waals surface area contributed by atoms with Crippen molar-refractivity contribution < 1.29 is 18.7 Å². The predicted molar refractivity (Wildman–Crippen MR) is 64.9 cm³/mol. The average molecular weight is 246 g/mol. The first-order valence-electron chi connectivity index (χ1n) is 5.31. The van der Waals surface area contributed by atoms with E-state index in [1.807, 2.05) is 0 Å². The van der Waals surface area contributed by atoms with E-state index in [-0.39, 0.29) is 11.3 Å². The molecular weight excluding hydrogens is 235 g/mol. The largest absolute Gasteiger partial charge is 0.493 e. The standard InChI is InChI=1S/C14H11FO3/c1-17-13-6-2-3-7-14(13)18-12-8-4-5-11(15)10(12)9-16/h2-9H,1H3. The third kappa shape index (κ3) is 2.32. The molecule has 2 aromatic rings. The summed E-state index contributed by atoms with van der Waals surface area (Å²) in [6, 6.07) is 11.2. The van der Waals surface area contributed by atoms with Gasteiger partial charge < -0.3 is 9.47 Å². The van der Waals surface area contributed by atoms with Crippen molar-refractivity contribution in [1.29, 1.82) is 0 Å². The van der Waals surface area contributed by atoms with Crippen LogP contribution in [0.15, 0.2) is 42.5 Å². The van der Waals surface area contributed by atoms with Gasteiger partial charge in [0.25, 0.3) is 0 Å². The maximum Gasteiger partial charge on any atom is 0.169 e. The van der Waals surface area contributed by atoms with E-state index in [0.29, 0.717) is 17.8 Å². The van der Waals surface area contributed by atoms with Crippen LogP contribution >= 0.6 is 0 Å². The van der Waals surface area contributed by atoms with Gasteiger partial charge >= 0.3 is 0 Å². The maximum absolute atomic E-state index is 13.4. The molecule has 0 N–H and O–H groups in total. The van der Waals surface area contributed by atoms with Crippen molar-refractivity contribution in [2.45, 2.75) is 0 Å². The van der Waals surface area contributed by atoms with Gasteiger partial charge in [0.05, 0.1) is 12.7 Å². The molecule has 0 aliphatic rings. The van der Waals surface area contributed by atoms with E-state index in [2.05, 4.69) is 0 Å². The molecule has 0 aliphatic carbocycles. The van der Waals surface area contributed by atoms with E-state index in [9.17, 15) is 9.18 Å². The second-order valence-electron chi connectivity index (χ2n) is 3.52. The van der Waals surface area contributed by atoms with Crippen molar-refractivity contribution in [3.63, 3.8) is 0 Å². The molecule has 0 unspecified atom stereocenters. The van der Waals surface area contributed by atoms with Crippen LogP contribution in [0, 0.1) is 5.82 Å². The van der Waals surface area contributed by atoms with Gasteiger partial charge in [0.1, 0.15) is 11.6 Å². The molecule has 0 atom stereocenters. The van der Waals surface area contributed by atoms with Gasteiger partial charge in [0, 0.05) is 0 Å². The molecule has 0 bridgehead atoms. The summed E-state index contributed by atoms with van der Waals surface area (Å²) < 4.78 is 24.0. The molecule has 0 fully saturated rings. The number of methoxy groups -OCH3 is 1. The van der Waals surface area contributed by atoms with Crippen LogP contribution in [0.1, 0.15) is 10.4 Å². The van der Waals surface area contributed by atoms with Crippen LogP contribution in [0.25, 0.3) is 0 Å². The highest BCUT2D eigenvalue weighted by Gasteiger charge is 2.11. The fraction of sp³-hybridized carbons (Fsp3) is 0.0714. The fourth-order valence-electron chi connectivity index (χ4n) is 1.54. The Kier molecular flexibility index (Phi) is 3.57. The second-order valence-corrected chi connectivity index (χ2v) is 3.52. The Morgan fingerprint density at radius 2 is 1.67 bits per heavy atom. The first-order chi connectivity index (χ1) is 8.76. The molecule has 0 saturated carbocycles. The molecule has 0 radical (unpaired) electrons. The molecule has 2 aromatic carbocycles. The van der Waals surface area contributed by atoms with Crippen LogP contribution in [0.2, 0.25) is 0 Å². The number of carbonyl (C=O) groups is 1. The summed E-state index contributed by atoms with van der Waals surface area (Å²) in [5.41, 5.74) is -0.108. The summed E-state index contributed by atoms with van der Waals surface area (Å²) in [6.07, 6.45) is 0.431. The van der Waals surface area contributed by atoms with Crippen molar-refractivity contribution in [1.82, 2.24) is 0 Å². The van der Waals surface area contributed by atoms with Crippen LogP contribution < -0.4 is 9.47 Å². The van der Waals surface area contributed by atoms with Gasteiger partial charge in [-0.15, -0.1) is 0 Å². The molecule has 18 heavy (non-hydrogen) atoms. The molecule has 0 saturated heterocycles. The van der Waals surface area contributed by atoms with Gasteiger partial charge in [-0.3, -0.25) is 4.79 Å². The molecular formula is C14H11FO3. The topological polar surface area (TPSA) is 35.5 Å². The average Bonchev–Trinajstić information content (AvgIpc) is 2.40. The van der Waals surface area contributed by atoms with Crippen LogP contribution in [0.5, 0.6) is 17.2 Å². The lowest BCUT2D eigenvalue weighted by atomic mass is 10.2. The maximum atomic E-state index is 13.4. The van der Waals surface area contributed by atoms with Crippen molar-refractivity contribution in [3.05, 3.63) is 53.8 Å². The van der Waals surface area contributed by atoms with Crippen LogP contribution in [0.4, 0.5) is 4.39 Å². The summed E-state index contributed by atoms with van der Waals surface area (Å²) in [4.78, 5) is 10.8. The Hall–Kier alpha value is -2.36. The van der Waals surface area contributed by atoms with Gasteiger partial charge in [-0.25, -0.2) is 4.39 Å². The number of para-hydroxylation sites is 2. The number of ether oxygens (including phenoxy) is 2. The molecule has 0 heterocycles. The zero-order chi connectivity index (χ0) is 13.0. The van der Waals surface area contributed by atoms with E-state index in [1.54, 1.807) is 24.3 Å². The van der Waals surface area contributed by atoms with Gasteiger partial charge in [-0.05, 0) is 24.3 Å². The van der Waals surface area contributed by atoms with Crippen LogP contribution in [-0.4, -0.2) is 13.4 Å². The van der Waals surface area contributed by atoms with E-state index in [0.717, 1.165) is 0 Å². The third-order valence-corrected chi connectivity index (χ3v) is 2.42. The highest BCUT2D eigenvalue weighted by molar-refractivity contribution is 5.80. The van der Waals surface area contributed by atoms with E-state index in [1.165, 1.54) is 25.3 Å². The van der Waals surface area contributed by atoms with Crippen molar-refractivity contribution >= 4 is 6.29 Å². The van der Waals surface area contributed by atoms with Crippen molar-refractivity contribution in [2.75, 3.05) is 7.11 Å². The molecule has 4 heteroatoms. The van der Waals surface area contributed by atoms with Crippen molar-refractivity contribution in [2.24, 2.45) is 0 Å². The predicted octanol–water partition coefficient (Wildman–Crippen LogP) is 3.44. The Labute approximate surface area is 104 Å². The summed E-state index contributed by atoms with van der Waals surface area (Å²) >= 11 is 0. The second kappa shape index (κ2) is 5.31. The minimum atomic E-state index is -0.614. The van der Waals surface area contributed by atoms with Gasteiger partial charge in [-0.2, -0.15) is 0 Å². The van der Waals surface area contributed by atoms with Crippen molar-refractivity contribution in [3.8, 4) is 17.2 Å². The molecule has 3 nitrogen and oxygen atoms in total. The fourth-order valence-corrected chi connectivity index (χ4v) is 1.54.